The van der Waals surface area contributed by atoms with Gasteiger partial charge in [0, 0.05) is 6.54 Å². The Labute approximate surface area is 136 Å². The zero-order chi connectivity index (χ0) is 16.1. The first-order chi connectivity index (χ1) is 11.3. The number of rotatable bonds is 4. The standard InChI is InChI=1S/C19H21NO3/c1-22-17-10-5-9-16(13-17)18-11-6-12-20(18)19(21)23-14-15-7-3-2-4-8-15/h2-5,7-10,13,18H,6,11-12,14H2,1H3. The van der Waals surface area contributed by atoms with Crippen molar-refractivity contribution in [2.24, 2.45) is 0 Å². The molecule has 0 aliphatic carbocycles. The van der Waals surface area contributed by atoms with Crippen LogP contribution in [0.15, 0.2) is 54.6 Å². The molecule has 1 saturated heterocycles. The van der Waals surface area contributed by atoms with Gasteiger partial charge in [-0.3, -0.25) is 0 Å². The van der Waals surface area contributed by atoms with Crippen LogP contribution >= 0.6 is 0 Å². The smallest absolute Gasteiger partial charge is 0.410 e. The monoisotopic (exact) mass is 311 g/mol. The van der Waals surface area contributed by atoms with Crippen LogP contribution in [0.3, 0.4) is 0 Å². The van der Waals surface area contributed by atoms with Crippen LogP contribution in [0.1, 0.15) is 30.0 Å². The number of hydrogen-bond acceptors (Lipinski definition) is 3. The minimum absolute atomic E-state index is 0.0633. The Bertz CT molecular complexity index is 657. The molecule has 0 N–H and O–H groups in total. The summed E-state index contributed by atoms with van der Waals surface area (Å²) in [6.45, 7) is 1.04. The van der Waals surface area contributed by atoms with Crippen LogP contribution in [0, 0.1) is 0 Å². The summed E-state index contributed by atoms with van der Waals surface area (Å²) in [7, 11) is 1.65. The molecule has 1 amide bonds. The van der Waals surface area contributed by atoms with Crippen molar-refractivity contribution in [1.29, 1.82) is 0 Å². The number of methoxy groups -OCH3 is 1. The van der Waals surface area contributed by atoms with Gasteiger partial charge in [-0.2, -0.15) is 0 Å². The fraction of sp³-hybridized carbons (Fsp3) is 0.316. The summed E-state index contributed by atoms with van der Waals surface area (Å²) < 4.78 is 10.8. The van der Waals surface area contributed by atoms with Gasteiger partial charge in [0.15, 0.2) is 0 Å². The number of nitrogens with zero attached hydrogens (tertiary/aromatic N) is 1. The normalized spacial score (nSPS) is 17.1. The molecule has 1 unspecified atom stereocenters. The number of amides is 1. The molecule has 2 aromatic rings. The molecule has 0 aromatic heterocycles. The first-order valence-electron chi connectivity index (χ1n) is 7.89. The van der Waals surface area contributed by atoms with Crippen molar-refractivity contribution < 1.29 is 14.3 Å². The molecular formula is C19H21NO3. The summed E-state index contributed by atoms with van der Waals surface area (Å²) >= 11 is 0. The molecule has 1 aliphatic heterocycles. The van der Waals surface area contributed by atoms with Gasteiger partial charge in [-0.15, -0.1) is 0 Å². The molecule has 3 rings (SSSR count). The summed E-state index contributed by atoms with van der Waals surface area (Å²) in [6.07, 6.45) is 1.69. The van der Waals surface area contributed by atoms with Gasteiger partial charge in [0.25, 0.3) is 0 Å². The lowest BCUT2D eigenvalue weighted by molar-refractivity contribution is 0.0920. The van der Waals surface area contributed by atoms with Crippen LogP contribution in [0.5, 0.6) is 5.75 Å². The second-order valence-corrected chi connectivity index (χ2v) is 5.67. The van der Waals surface area contributed by atoms with E-state index in [0.717, 1.165) is 36.3 Å². The quantitative estimate of drug-likeness (QED) is 0.850. The van der Waals surface area contributed by atoms with E-state index in [1.807, 2.05) is 59.5 Å². The topological polar surface area (TPSA) is 38.8 Å². The van der Waals surface area contributed by atoms with E-state index in [9.17, 15) is 4.79 Å². The van der Waals surface area contributed by atoms with E-state index in [1.54, 1.807) is 7.11 Å². The second kappa shape index (κ2) is 7.18. The number of benzene rings is 2. The van der Waals surface area contributed by atoms with E-state index >= 15 is 0 Å². The van der Waals surface area contributed by atoms with Crippen LogP contribution in [0.25, 0.3) is 0 Å². The van der Waals surface area contributed by atoms with Crippen molar-refractivity contribution in [2.75, 3.05) is 13.7 Å². The van der Waals surface area contributed by atoms with E-state index in [4.69, 9.17) is 9.47 Å². The van der Waals surface area contributed by atoms with E-state index in [1.165, 1.54) is 0 Å². The third-order valence-corrected chi connectivity index (χ3v) is 4.17. The molecule has 0 spiro atoms. The lowest BCUT2D eigenvalue weighted by Gasteiger charge is -2.24. The minimum Gasteiger partial charge on any atom is -0.497 e. The summed E-state index contributed by atoms with van der Waals surface area (Å²) in [5.74, 6) is 0.812. The highest BCUT2D eigenvalue weighted by atomic mass is 16.6. The third kappa shape index (κ3) is 3.65. The summed E-state index contributed by atoms with van der Waals surface area (Å²) in [4.78, 5) is 14.2. The lowest BCUT2D eigenvalue weighted by atomic mass is 10.0. The minimum atomic E-state index is -0.251. The van der Waals surface area contributed by atoms with Crippen LogP contribution in [0.2, 0.25) is 0 Å². The maximum Gasteiger partial charge on any atom is 0.410 e. The second-order valence-electron chi connectivity index (χ2n) is 5.67. The first-order valence-corrected chi connectivity index (χ1v) is 7.89. The number of carbonyl (C=O) groups excluding carboxylic acids is 1. The Hall–Kier alpha value is -2.49. The highest BCUT2D eigenvalue weighted by molar-refractivity contribution is 5.69. The maximum atomic E-state index is 12.4. The van der Waals surface area contributed by atoms with Crippen molar-refractivity contribution >= 4 is 6.09 Å². The number of hydrogen-bond donors (Lipinski definition) is 0. The number of carbonyl (C=O) groups is 1. The fourth-order valence-electron chi connectivity index (χ4n) is 2.98. The predicted molar refractivity (Wildman–Crippen MR) is 88.3 cm³/mol. The molecule has 23 heavy (non-hydrogen) atoms. The third-order valence-electron chi connectivity index (χ3n) is 4.17. The Morgan fingerprint density at radius 2 is 2.00 bits per heavy atom. The highest BCUT2D eigenvalue weighted by Gasteiger charge is 2.31. The van der Waals surface area contributed by atoms with Gasteiger partial charge >= 0.3 is 6.09 Å². The van der Waals surface area contributed by atoms with E-state index < -0.39 is 0 Å². The zero-order valence-corrected chi connectivity index (χ0v) is 13.3. The van der Waals surface area contributed by atoms with Crippen molar-refractivity contribution in [1.82, 2.24) is 4.90 Å². The lowest BCUT2D eigenvalue weighted by Crippen LogP contribution is -2.31. The Morgan fingerprint density at radius 1 is 1.17 bits per heavy atom. The summed E-state index contributed by atoms with van der Waals surface area (Å²) in [5.41, 5.74) is 2.09. The van der Waals surface area contributed by atoms with Crippen molar-refractivity contribution in [3.8, 4) is 5.75 Å². The zero-order valence-electron chi connectivity index (χ0n) is 13.3. The van der Waals surface area contributed by atoms with Gasteiger partial charge in [0.2, 0.25) is 0 Å². The molecule has 4 heteroatoms. The SMILES string of the molecule is COc1cccc(C2CCCN2C(=O)OCc2ccccc2)c1. The maximum absolute atomic E-state index is 12.4. The van der Waals surface area contributed by atoms with Gasteiger partial charge in [0.1, 0.15) is 12.4 Å². The largest absolute Gasteiger partial charge is 0.497 e. The highest BCUT2D eigenvalue weighted by Crippen LogP contribution is 2.33. The Balaban J connectivity index is 1.67. The first kappa shape index (κ1) is 15.4. The molecule has 0 bridgehead atoms. The van der Waals surface area contributed by atoms with E-state index in [-0.39, 0.29) is 12.1 Å². The molecule has 120 valence electrons. The van der Waals surface area contributed by atoms with Gasteiger partial charge in [-0.1, -0.05) is 42.5 Å². The molecule has 0 radical (unpaired) electrons. The molecule has 2 aromatic carbocycles. The van der Waals surface area contributed by atoms with E-state index in [2.05, 4.69) is 0 Å². The molecule has 1 heterocycles. The van der Waals surface area contributed by atoms with Gasteiger partial charge in [-0.05, 0) is 36.1 Å². The Morgan fingerprint density at radius 3 is 2.78 bits per heavy atom. The molecule has 0 saturated carbocycles. The molecule has 1 fully saturated rings. The van der Waals surface area contributed by atoms with Crippen LogP contribution in [-0.4, -0.2) is 24.6 Å². The van der Waals surface area contributed by atoms with Gasteiger partial charge in [-0.25, -0.2) is 4.79 Å². The molecular weight excluding hydrogens is 290 g/mol. The molecule has 1 aliphatic rings. The predicted octanol–water partition coefficient (Wildman–Crippen LogP) is 4.17. The van der Waals surface area contributed by atoms with Crippen LogP contribution in [0.4, 0.5) is 4.79 Å². The average molecular weight is 311 g/mol. The van der Waals surface area contributed by atoms with Gasteiger partial charge < -0.3 is 14.4 Å². The van der Waals surface area contributed by atoms with Gasteiger partial charge in [0.05, 0.1) is 13.2 Å². The molecule has 4 nitrogen and oxygen atoms in total. The fourth-order valence-corrected chi connectivity index (χ4v) is 2.98. The summed E-state index contributed by atoms with van der Waals surface area (Å²) in [5, 5.41) is 0. The van der Waals surface area contributed by atoms with Crippen molar-refractivity contribution in [3.63, 3.8) is 0 Å². The van der Waals surface area contributed by atoms with Crippen molar-refractivity contribution in [3.05, 3.63) is 65.7 Å². The number of likely N-dealkylation sites (tertiary alicyclic amines) is 1. The van der Waals surface area contributed by atoms with Crippen LogP contribution < -0.4 is 4.74 Å². The van der Waals surface area contributed by atoms with Crippen LogP contribution in [-0.2, 0) is 11.3 Å². The molecule has 1 atom stereocenters. The Kier molecular flexibility index (Phi) is 4.81. The average Bonchev–Trinajstić information content (AvgIpc) is 3.10. The van der Waals surface area contributed by atoms with Crippen molar-refractivity contribution in [2.45, 2.75) is 25.5 Å². The summed E-state index contributed by atoms with van der Waals surface area (Å²) in [6, 6.07) is 17.7. The van der Waals surface area contributed by atoms with E-state index in [0.29, 0.717) is 6.61 Å². The number of ether oxygens (including phenoxy) is 2.